The minimum absolute atomic E-state index is 0.0945. The minimum atomic E-state index is -0.436. The van der Waals surface area contributed by atoms with Crippen LogP contribution in [0.3, 0.4) is 0 Å². The van der Waals surface area contributed by atoms with E-state index < -0.39 is 5.41 Å². The molecule has 3 rings (SSSR count). The van der Waals surface area contributed by atoms with Gasteiger partial charge in [0, 0.05) is 17.5 Å². The third-order valence-corrected chi connectivity index (χ3v) is 4.06. The number of hydrogen-bond acceptors (Lipinski definition) is 5. The van der Waals surface area contributed by atoms with Crippen molar-refractivity contribution >= 4 is 17.3 Å². The Bertz CT molecular complexity index is 763. The van der Waals surface area contributed by atoms with E-state index in [9.17, 15) is 4.79 Å². The molecule has 0 aliphatic carbocycles. The van der Waals surface area contributed by atoms with E-state index >= 15 is 0 Å². The number of carbonyl (C=O) groups is 1. The maximum absolute atomic E-state index is 12.7. The second-order valence-corrected chi connectivity index (χ2v) is 7.14. The summed E-state index contributed by atoms with van der Waals surface area (Å²) in [6.07, 6.45) is 0.802. The molecule has 1 aromatic heterocycles. The van der Waals surface area contributed by atoms with Crippen LogP contribution in [-0.4, -0.2) is 34.2 Å². The number of anilines is 2. The summed E-state index contributed by atoms with van der Waals surface area (Å²) in [5.41, 5.74) is 1.28. The Morgan fingerprint density at radius 1 is 1.40 bits per heavy atom. The Labute approximate surface area is 147 Å². The molecule has 0 bridgehead atoms. The summed E-state index contributed by atoms with van der Waals surface area (Å²) >= 11 is 0. The van der Waals surface area contributed by atoms with Crippen molar-refractivity contribution in [2.45, 2.75) is 40.7 Å². The maximum Gasteiger partial charge on any atom is 0.232 e. The largest absolute Gasteiger partial charge is 0.490 e. The predicted molar refractivity (Wildman–Crippen MR) is 96.8 cm³/mol. The number of benzene rings is 1. The van der Waals surface area contributed by atoms with Gasteiger partial charge in [-0.05, 0) is 18.2 Å². The number of rotatable bonds is 4. The average Bonchev–Trinajstić information content (AvgIpc) is 3.06. The van der Waals surface area contributed by atoms with E-state index in [-0.39, 0.29) is 5.91 Å². The monoisotopic (exact) mass is 343 g/mol. The molecule has 7 heteroatoms. The molecule has 1 aromatic carbocycles. The number of fused-ring (bicyclic) bond motifs is 1. The number of carbonyl (C=O) groups excluding carboxylic acids is 1. The Morgan fingerprint density at radius 2 is 2.20 bits per heavy atom. The van der Waals surface area contributed by atoms with Gasteiger partial charge in [-0.15, -0.1) is 0 Å². The molecule has 25 heavy (non-hydrogen) atoms. The number of H-pyrrole nitrogens is 1. The van der Waals surface area contributed by atoms with E-state index in [1.807, 2.05) is 50.8 Å². The molecular weight excluding hydrogens is 318 g/mol. The standard InChI is InChI=1S/C18H25N5O2/c1-5-15-20-16(22-21-15)11-19-12-6-7-14-13(10-12)23(8-9-25-14)17(24)18(2,3)4/h6-7,10,19H,5,8-9,11H2,1-4H3,(H,20,21,22). The first-order valence-corrected chi connectivity index (χ1v) is 8.61. The Hall–Kier alpha value is -2.57. The molecule has 0 saturated heterocycles. The molecule has 0 saturated carbocycles. The fourth-order valence-corrected chi connectivity index (χ4v) is 2.70. The number of ether oxygens (including phenoxy) is 1. The third-order valence-electron chi connectivity index (χ3n) is 4.06. The van der Waals surface area contributed by atoms with Crippen molar-refractivity contribution in [3.8, 4) is 5.75 Å². The van der Waals surface area contributed by atoms with Crippen LogP contribution in [0.5, 0.6) is 5.75 Å². The van der Waals surface area contributed by atoms with Crippen LogP contribution in [0, 0.1) is 5.41 Å². The molecule has 2 heterocycles. The summed E-state index contributed by atoms with van der Waals surface area (Å²) in [7, 11) is 0. The van der Waals surface area contributed by atoms with Crippen LogP contribution in [0.2, 0.25) is 0 Å². The minimum Gasteiger partial charge on any atom is -0.490 e. The normalized spacial score (nSPS) is 14.0. The second-order valence-electron chi connectivity index (χ2n) is 7.14. The lowest BCUT2D eigenvalue weighted by molar-refractivity contribution is -0.126. The quantitative estimate of drug-likeness (QED) is 0.892. The van der Waals surface area contributed by atoms with Gasteiger partial charge in [0.25, 0.3) is 0 Å². The van der Waals surface area contributed by atoms with Crippen LogP contribution < -0.4 is 15.0 Å². The van der Waals surface area contributed by atoms with Gasteiger partial charge in [0.1, 0.15) is 18.2 Å². The van der Waals surface area contributed by atoms with Gasteiger partial charge in [-0.2, -0.15) is 5.10 Å². The molecule has 1 aliphatic rings. The van der Waals surface area contributed by atoms with Crippen molar-refractivity contribution in [2.75, 3.05) is 23.4 Å². The van der Waals surface area contributed by atoms with Gasteiger partial charge < -0.3 is 15.0 Å². The molecule has 0 radical (unpaired) electrons. The molecule has 2 aromatic rings. The number of aryl methyl sites for hydroxylation is 1. The molecule has 0 unspecified atom stereocenters. The third kappa shape index (κ3) is 3.75. The Morgan fingerprint density at radius 3 is 2.88 bits per heavy atom. The molecule has 0 fully saturated rings. The van der Waals surface area contributed by atoms with Gasteiger partial charge >= 0.3 is 0 Å². The van der Waals surface area contributed by atoms with Gasteiger partial charge in [-0.1, -0.05) is 27.7 Å². The summed E-state index contributed by atoms with van der Waals surface area (Å²) in [4.78, 5) is 18.9. The van der Waals surface area contributed by atoms with Crippen molar-refractivity contribution in [3.05, 3.63) is 29.8 Å². The maximum atomic E-state index is 12.7. The highest BCUT2D eigenvalue weighted by Crippen LogP contribution is 2.36. The van der Waals surface area contributed by atoms with Crippen molar-refractivity contribution in [3.63, 3.8) is 0 Å². The summed E-state index contributed by atoms with van der Waals surface area (Å²) < 4.78 is 5.70. The van der Waals surface area contributed by atoms with E-state index in [1.54, 1.807) is 0 Å². The van der Waals surface area contributed by atoms with Crippen molar-refractivity contribution in [1.82, 2.24) is 15.2 Å². The highest BCUT2D eigenvalue weighted by atomic mass is 16.5. The van der Waals surface area contributed by atoms with Crippen LogP contribution in [0.25, 0.3) is 0 Å². The first-order valence-electron chi connectivity index (χ1n) is 8.61. The second kappa shape index (κ2) is 6.74. The smallest absolute Gasteiger partial charge is 0.232 e. The lowest BCUT2D eigenvalue weighted by atomic mass is 9.94. The summed E-state index contributed by atoms with van der Waals surface area (Å²) in [6, 6.07) is 5.80. The first-order chi connectivity index (χ1) is 11.9. The van der Waals surface area contributed by atoms with Gasteiger partial charge in [0.05, 0.1) is 18.8 Å². The lowest BCUT2D eigenvalue weighted by Crippen LogP contribution is -2.44. The molecular formula is C18H25N5O2. The van der Waals surface area contributed by atoms with Gasteiger partial charge in [-0.25, -0.2) is 4.98 Å². The van der Waals surface area contributed by atoms with E-state index in [2.05, 4.69) is 20.5 Å². The Kier molecular flexibility index (Phi) is 4.65. The molecule has 0 spiro atoms. The first kappa shape index (κ1) is 17.3. The number of amides is 1. The summed E-state index contributed by atoms with van der Waals surface area (Å²) in [6.45, 7) is 9.43. The number of hydrogen-bond donors (Lipinski definition) is 2. The highest BCUT2D eigenvalue weighted by molar-refractivity contribution is 5.99. The highest BCUT2D eigenvalue weighted by Gasteiger charge is 2.31. The molecule has 7 nitrogen and oxygen atoms in total. The fourth-order valence-electron chi connectivity index (χ4n) is 2.70. The summed E-state index contributed by atoms with van der Waals surface area (Å²) in [5.74, 6) is 2.42. The van der Waals surface area contributed by atoms with Crippen LogP contribution in [-0.2, 0) is 17.8 Å². The number of nitrogens with one attached hydrogen (secondary N) is 2. The zero-order valence-corrected chi connectivity index (χ0v) is 15.2. The number of aromatic amines is 1. The van der Waals surface area contributed by atoms with E-state index in [0.29, 0.717) is 19.7 Å². The number of aromatic nitrogens is 3. The van der Waals surface area contributed by atoms with Gasteiger partial charge in [0.15, 0.2) is 5.82 Å². The lowest BCUT2D eigenvalue weighted by Gasteiger charge is -2.34. The molecule has 0 atom stereocenters. The molecule has 2 N–H and O–H groups in total. The Balaban J connectivity index is 1.78. The number of nitrogens with zero attached hydrogens (tertiary/aromatic N) is 3. The van der Waals surface area contributed by atoms with Gasteiger partial charge in [-0.3, -0.25) is 9.89 Å². The van der Waals surface area contributed by atoms with Gasteiger partial charge in [0.2, 0.25) is 5.91 Å². The zero-order valence-electron chi connectivity index (χ0n) is 15.2. The van der Waals surface area contributed by atoms with Crippen LogP contribution >= 0.6 is 0 Å². The van der Waals surface area contributed by atoms with Crippen LogP contribution in [0.1, 0.15) is 39.3 Å². The zero-order chi connectivity index (χ0) is 18.0. The van der Waals surface area contributed by atoms with E-state index in [1.165, 1.54) is 0 Å². The topological polar surface area (TPSA) is 83.1 Å². The molecule has 1 aliphatic heterocycles. The van der Waals surface area contributed by atoms with Crippen LogP contribution in [0.15, 0.2) is 18.2 Å². The SMILES string of the molecule is CCc1n[nH]c(CNc2ccc3c(c2)N(C(=O)C(C)(C)C)CCO3)n1. The molecule has 1 amide bonds. The van der Waals surface area contributed by atoms with E-state index in [0.717, 1.165) is 35.2 Å². The van der Waals surface area contributed by atoms with Crippen molar-refractivity contribution < 1.29 is 9.53 Å². The summed E-state index contributed by atoms with van der Waals surface area (Å²) in [5, 5.41) is 10.4. The predicted octanol–water partition coefficient (Wildman–Crippen LogP) is 2.75. The molecule has 134 valence electrons. The van der Waals surface area contributed by atoms with E-state index in [4.69, 9.17) is 4.74 Å². The van der Waals surface area contributed by atoms with Crippen molar-refractivity contribution in [1.29, 1.82) is 0 Å². The fraction of sp³-hybridized carbons (Fsp3) is 0.500. The average molecular weight is 343 g/mol. The van der Waals surface area contributed by atoms with Crippen molar-refractivity contribution in [2.24, 2.45) is 5.41 Å². The van der Waals surface area contributed by atoms with Crippen LogP contribution in [0.4, 0.5) is 11.4 Å².